The summed E-state index contributed by atoms with van der Waals surface area (Å²) in [7, 11) is 1.54. The summed E-state index contributed by atoms with van der Waals surface area (Å²) in [5.41, 5.74) is -0.185. The molecular weight excluding hydrogens is 330 g/mol. The molecule has 25 heavy (non-hydrogen) atoms. The third-order valence-corrected chi connectivity index (χ3v) is 3.37. The van der Waals surface area contributed by atoms with Crippen molar-refractivity contribution in [1.29, 1.82) is 0 Å². The lowest BCUT2D eigenvalue weighted by molar-refractivity contribution is 0.0526. The van der Waals surface area contributed by atoms with Gasteiger partial charge in [-0.25, -0.2) is 13.6 Å². The van der Waals surface area contributed by atoms with Gasteiger partial charge in [-0.3, -0.25) is 0 Å². The van der Waals surface area contributed by atoms with Crippen molar-refractivity contribution in [3.63, 3.8) is 0 Å². The number of ether oxygens (including phenoxy) is 2. The standard InChI is InChI=1S/C18H28F2N2O3/c1-12-9-15(20)16(10-14(12)19)22-13(11-24-5)7-6-8-21-17(23)25-18(2,3)4/h9-10,13,22H,6-8,11H2,1-5H3,(H,21,23). The Bertz CT molecular complexity index is 574. The fourth-order valence-electron chi connectivity index (χ4n) is 2.23. The van der Waals surface area contributed by atoms with Crippen LogP contribution in [0.3, 0.4) is 0 Å². The highest BCUT2D eigenvalue weighted by Crippen LogP contribution is 2.20. The number of halogens is 2. The molecule has 0 fully saturated rings. The van der Waals surface area contributed by atoms with E-state index >= 15 is 0 Å². The quantitative estimate of drug-likeness (QED) is 0.690. The van der Waals surface area contributed by atoms with Gasteiger partial charge in [0.2, 0.25) is 0 Å². The maximum absolute atomic E-state index is 13.9. The molecule has 0 saturated heterocycles. The number of hydrogen-bond donors (Lipinski definition) is 2. The number of alkyl carbamates (subject to hydrolysis) is 1. The Morgan fingerprint density at radius 1 is 1.24 bits per heavy atom. The second-order valence-electron chi connectivity index (χ2n) is 6.95. The molecule has 1 aromatic rings. The summed E-state index contributed by atoms with van der Waals surface area (Å²) >= 11 is 0. The zero-order chi connectivity index (χ0) is 19.0. The molecule has 1 rings (SSSR count). The van der Waals surface area contributed by atoms with Crippen molar-refractivity contribution in [3.8, 4) is 0 Å². The summed E-state index contributed by atoms with van der Waals surface area (Å²) in [6.07, 6.45) is 0.768. The van der Waals surface area contributed by atoms with E-state index < -0.39 is 23.3 Å². The Balaban J connectivity index is 2.50. The number of hydrogen-bond acceptors (Lipinski definition) is 4. The number of anilines is 1. The lowest BCUT2D eigenvalue weighted by atomic mass is 10.1. The first-order chi connectivity index (χ1) is 11.6. The molecule has 1 atom stereocenters. The minimum Gasteiger partial charge on any atom is -0.444 e. The number of benzene rings is 1. The highest BCUT2D eigenvalue weighted by atomic mass is 19.1. The van der Waals surface area contributed by atoms with Crippen LogP contribution in [0.5, 0.6) is 0 Å². The fraction of sp³-hybridized carbons (Fsp3) is 0.611. The van der Waals surface area contributed by atoms with Crippen LogP contribution in [0.4, 0.5) is 19.3 Å². The molecule has 142 valence electrons. The fourth-order valence-corrected chi connectivity index (χ4v) is 2.23. The van der Waals surface area contributed by atoms with E-state index in [2.05, 4.69) is 10.6 Å². The van der Waals surface area contributed by atoms with Crippen molar-refractivity contribution >= 4 is 11.8 Å². The van der Waals surface area contributed by atoms with E-state index in [-0.39, 0.29) is 17.3 Å². The maximum atomic E-state index is 13.9. The first-order valence-electron chi connectivity index (χ1n) is 8.30. The maximum Gasteiger partial charge on any atom is 0.407 e. The van der Waals surface area contributed by atoms with Gasteiger partial charge in [-0.1, -0.05) is 0 Å². The van der Waals surface area contributed by atoms with Gasteiger partial charge < -0.3 is 20.1 Å². The molecule has 1 amide bonds. The number of amides is 1. The van der Waals surface area contributed by atoms with E-state index in [4.69, 9.17) is 9.47 Å². The first kappa shape index (κ1) is 21.2. The summed E-state index contributed by atoms with van der Waals surface area (Å²) in [6.45, 7) is 7.64. The number of aryl methyl sites for hydroxylation is 1. The van der Waals surface area contributed by atoms with Gasteiger partial charge in [-0.15, -0.1) is 0 Å². The molecule has 0 spiro atoms. The molecule has 2 N–H and O–H groups in total. The van der Waals surface area contributed by atoms with Gasteiger partial charge in [0, 0.05) is 25.8 Å². The summed E-state index contributed by atoms with van der Waals surface area (Å²) in [6, 6.07) is 2.10. The van der Waals surface area contributed by atoms with Crippen LogP contribution in [0.2, 0.25) is 0 Å². The van der Waals surface area contributed by atoms with Gasteiger partial charge in [-0.05, 0) is 52.2 Å². The Kier molecular flexibility index (Phi) is 8.09. The summed E-state index contributed by atoms with van der Waals surface area (Å²) in [5.74, 6) is -0.974. The second kappa shape index (κ2) is 9.56. The van der Waals surface area contributed by atoms with Crippen molar-refractivity contribution in [2.24, 2.45) is 0 Å². The van der Waals surface area contributed by atoms with E-state index in [1.807, 2.05) is 0 Å². The van der Waals surface area contributed by atoms with Gasteiger partial charge in [-0.2, -0.15) is 0 Å². The van der Waals surface area contributed by atoms with Crippen molar-refractivity contribution in [2.75, 3.05) is 25.6 Å². The third-order valence-electron chi connectivity index (χ3n) is 3.37. The molecule has 0 aliphatic heterocycles. The molecule has 5 nitrogen and oxygen atoms in total. The van der Waals surface area contributed by atoms with Gasteiger partial charge in [0.1, 0.15) is 17.2 Å². The highest BCUT2D eigenvalue weighted by Gasteiger charge is 2.16. The van der Waals surface area contributed by atoms with Crippen LogP contribution >= 0.6 is 0 Å². The summed E-state index contributed by atoms with van der Waals surface area (Å²) in [4.78, 5) is 11.6. The van der Waals surface area contributed by atoms with Gasteiger partial charge in [0.05, 0.1) is 12.3 Å². The van der Waals surface area contributed by atoms with Crippen LogP contribution in [0.1, 0.15) is 39.2 Å². The Labute approximate surface area is 148 Å². The minimum atomic E-state index is -0.544. The van der Waals surface area contributed by atoms with E-state index in [0.29, 0.717) is 26.0 Å². The Hall–Kier alpha value is -1.89. The molecule has 0 aliphatic carbocycles. The number of rotatable bonds is 8. The largest absolute Gasteiger partial charge is 0.444 e. The number of carbonyl (C=O) groups is 1. The van der Waals surface area contributed by atoms with Crippen LogP contribution < -0.4 is 10.6 Å². The van der Waals surface area contributed by atoms with E-state index in [0.717, 1.165) is 12.1 Å². The lowest BCUT2D eigenvalue weighted by Crippen LogP contribution is -2.34. The SMILES string of the molecule is COCC(CCCNC(=O)OC(C)(C)C)Nc1cc(F)c(C)cc1F. The predicted molar refractivity (Wildman–Crippen MR) is 93.9 cm³/mol. The predicted octanol–water partition coefficient (Wildman–Crippen LogP) is 4.01. The normalized spacial score (nSPS) is 12.6. The van der Waals surface area contributed by atoms with Gasteiger partial charge in [0.15, 0.2) is 0 Å². The first-order valence-corrected chi connectivity index (χ1v) is 8.30. The molecular formula is C18H28F2N2O3. The molecule has 0 radical (unpaired) electrons. The Morgan fingerprint density at radius 3 is 2.52 bits per heavy atom. The number of carbonyl (C=O) groups excluding carboxylic acids is 1. The van der Waals surface area contributed by atoms with E-state index in [1.54, 1.807) is 27.9 Å². The number of methoxy groups -OCH3 is 1. The molecule has 0 aromatic heterocycles. The molecule has 0 aliphatic rings. The van der Waals surface area contributed by atoms with Crippen molar-refractivity contribution in [2.45, 2.75) is 52.2 Å². The molecule has 7 heteroatoms. The van der Waals surface area contributed by atoms with Crippen LogP contribution in [0, 0.1) is 18.6 Å². The van der Waals surface area contributed by atoms with Gasteiger partial charge in [0.25, 0.3) is 0 Å². The summed E-state index contributed by atoms with van der Waals surface area (Å²) in [5, 5.41) is 5.62. The lowest BCUT2D eigenvalue weighted by Gasteiger charge is -2.21. The average Bonchev–Trinajstić information content (AvgIpc) is 2.47. The van der Waals surface area contributed by atoms with Gasteiger partial charge >= 0.3 is 6.09 Å². The van der Waals surface area contributed by atoms with Crippen molar-refractivity contribution < 1.29 is 23.0 Å². The molecule has 1 aromatic carbocycles. The average molecular weight is 358 g/mol. The molecule has 0 heterocycles. The van der Waals surface area contributed by atoms with E-state index in [9.17, 15) is 13.6 Å². The van der Waals surface area contributed by atoms with Crippen LogP contribution in [-0.4, -0.2) is 38.0 Å². The third kappa shape index (κ3) is 8.16. The molecule has 0 saturated carbocycles. The summed E-state index contributed by atoms with van der Waals surface area (Å²) < 4.78 is 37.8. The zero-order valence-corrected chi connectivity index (χ0v) is 15.5. The van der Waals surface area contributed by atoms with Crippen molar-refractivity contribution in [3.05, 3.63) is 29.3 Å². The smallest absolute Gasteiger partial charge is 0.407 e. The number of nitrogens with one attached hydrogen (secondary N) is 2. The second-order valence-corrected chi connectivity index (χ2v) is 6.95. The van der Waals surface area contributed by atoms with Crippen LogP contribution in [-0.2, 0) is 9.47 Å². The minimum absolute atomic E-state index is 0.102. The monoisotopic (exact) mass is 358 g/mol. The highest BCUT2D eigenvalue weighted by molar-refractivity contribution is 5.67. The molecule has 1 unspecified atom stereocenters. The molecule has 0 bridgehead atoms. The van der Waals surface area contributed by atoms with Crippen molar-refractivity contribution in [1.82, 2.24) is 5.32 Å². The van der Waals surface area contributed by atoms with E-state index in [1.165, 1.54) is 6.92 Å². The Morgan fingerprint density at radius 2 is 1.92 bits per heavy atom. The van der Waals surface area contributed by atoms with Crippen LogP contribution in [0.25, 0.3) is 0 Å². The topological polar surface area (TPSA) is 59.6 Å². The van der Waals surface area contributed by atoms with Crippen LogP contribution in [0.15, 0.2) is 12.1 Å². The zero-order valence-electron chi connectivity index (χ0n) is 15.5.